The van der Waals surface area contributed by atoms with Crippen LogP contribution in [-0.2, 0) is 9.84 Å². The van der Waals surface area contributed by atoms with Gasteiger partial charge in [-0.2, -0.15) is 4.98 Å². The summed E-state index contributed by atoms with van der Waals surface area (Å²) in [5, 5.41) is 2.94. The first-order valence-corrected chi connectivity index (χ1v) is 12.0. The summed E-state index contributed by atoms with van der Waals surface area (Å²) in [4.78, 5) is 4.50. The number of halogens is 1. The minimum Gasteiger partial charge on any atom is -0.497 e. The Kier molecular flexibility index (Phi) is 6.08. The van der Waals surface area contributed by atoms with Crippen LogP contribution >= 0.6 is 15.9 Å². The molecule has 0 amide bonds. The van der Waals surface area contributed by atoms with Gasteiger partial charge in [0, 0.05) is 15.7 Å². The Labute approximate surface area is 195 Å². The van der Waals surface area contributed by atoms with E-state index in [4.69, 9.17) is 9.15 Å². The fourth-order valence-electron chi connectivity index (χ4n) is 3.33. The van der Waals surface area contributed by atoms with Crippen molar-refractivity contribution in [2.45, 2.75) is 23.8 Å². The summed E-state index contributed by atoms with van der Waals surface area (Å²) in [6.07, 6.45) is 0. The first-order chi connectivity index (χ1) is 15.3. The van der Waals surface area contributed by atoms with E-state index in [2.05, 4.69) is 26.2 Å². The second-order valence-electron chi connectivity index (χ2n) is 7.34. The maximum Gasteiger partial charge on any atom is 0.238 e. The highest BCUT2D eigenvalue weighted by Crippen LogP contribution is 2.35. The number of hydrogen-bond acceptors (Lipinski definition) is 6. The molecule has 3 aromatic carbocycles. The zero-order valence-electron chi connectivity index (χ0n) is 17.7. The highest BCUT2D eigenvalue weighted by molar-refractivity contribution is 9.10. The zero-order chi connectivity index (χ0) is 22.9. The van der Waals surface area contributed by atoms with E-state index in [1.807, 2.05) is 32.0 Å². The lowest BCUT2D eigenvalue weighted by molar-refractivity contribution is 0.415. The summed E-state index contributed by atoms with van der Waals surface area (Å²) in [5.74, 6) is 0.926. The van der Waals surface area contributed by atoms with Gasteiger partial charge in [-0.05, 0) is 85.6 Å². The van der Waals surface area contributed by atoms with Gasteiger partial charge in [0.15, 0.2) is 0 Å². The van der Waals surface area contributed by atoms with Crippen molar-refractivity contribution in [3.05, 3.63) is 82.3 Å². The van der Waals surface area contributed by atoms with Crippen LogP contribution in [0.5, 0.6) is 5.75 Å². The highest BCUT2D eigenvalue weighted by Gasteiger charge is 2.29. The van der Waals surface area contributed by atoms with Crippen LogP contribution in [-0.4, -0.2) is 20.5 Å². The van der Waals surface area contributed by atoms with Crippen molar-refractivity contribution in [3.8, 4) is 17.2 Å². The molecule has 0 aliphatic carbocycles. The molecule has 0 atom stereocenters. The van der Waals surface area contributed by atoms with E-state index in [9.17, 15) is 8.42 Å². The van der Waals surface area contributed by atoms with E-state index in [-0.39, 0.29) is 21.7 Å². The Morgan fingerprint density at radius 2 is 1.56 bits per heavy atom. The Morgan fingerprint density at radius 1 is 0.938 bits per heavy atom. The molecule has 0 aliphatic heterocycles. The fourth-order valence-corrected chi connectivity index (χ4v) is 4.85. The Morgan fingerprint density at radius 3 is 2.16 bits per heavy atom. The van der Waals surface area contributed by atoms with Crippen molar-refractivity contribution in [3.63, 3.8) is 0 Å². The van der Waals surface area contributed by atoms with Crippen molar-refractivity contribution in [1.82, 2.24) is 4.98 Å². The lowest BCUT2D eigenvalue weighted by Crippen LogP contribution is -2.05. The van der Waals surface area contributed by atoms with Crippen molar-refractivity contribution in [2.75, 3.05) is 12.4 Å². The molecular weight excluding hydrogens is 492 g/mol. The standard InChI is InChI=1S/C24H21BrN2O4S/c1-15-12-16(2)14-19(13-15)26-23-24(32(28,29)21-10-6-18(25)7-11-21)27-22(31-23)17-4-8-20(30-3)9-5-17/h4-14,26H,1-3H3. The maximum atomic E-state index is 13.4. The average Bonchev–Trinajstić information content (AvgIpc) is 3.18. The molecule has 1 N–H and O–H groups in total. The van der Waals surface area contributed by atoms with E-state index < -0.39 is 9.84 Å². The smallest absolute Gasteiger partial charge is 0.238 e. The van der Waals surface area contributed by atoms with Crippen molar-refractivity contribution >= 4 is 37.3 Å². The molecule has 0 saturated carbocycles. The van der Waals surface area contributed by atoms with Gasteiger partial charge < -0.3 is 14.5 Å². The third-order valence-electron chi connectivity index (χ3n) is 4.79. The maximum absolute atomic E-state index is 13.4. The number of anilines is 2. The second kappa shape index (κ2) is 8.80. The number of aromatic nitrogens is 1. The van der Waals surface area contributed by atoms with Gasteiger partial charge in [0.2, 0.25) is 26.6 Å². The number of benzene rings is 3. The van der Waals surface area contributed by atoms with Crippen LogP contribution in [0.15, 0.2) is 85.5 Å². The lowest BCUT2D eigenvalue weighted by Gasteiger charge is -2.08. The summed E-state index contributed by atoms with van der Waals surface area (Å²) in [6.45, 7) is 3.95. The molecule has 32 heavy (non-hydrogen) atoms. The van der Waals surface area contributed by atoms with Crippen LogP contribution in [0.4, 0.5) is 11.6 Å². The third kappa shape index (κ3) is 4.56. The van der Waals surface area contributed by atoms with Crippen molar-refractivity contribution in [1.29, 1.82) is 0 Å². The molecule has 6 nitrogen and oxygen atoms in total. The molecule has 0 fully saturated rings. The first kappa shape index (κ1) is 22.1. The molecule has 1 aromatic heterocycles. The van der Waals surface area contributed by atoms with E-state index in [0.717, 1.165) is 15.6 Å². The highest BCUT2D eigenvalue weighted by atomic mass is 79.9. The van der Waals surface area contributed by atoms with Crippen LogP contribution in [0, 0.1) is 13.8 Å². The molecule has 0 radical (unpaired) electrons. The van der Waals surface area contributed by atoms with E-state index in [0.29, 0.717) is 17.0 Å². The molecule has 1 heterocycles. The van der Waals surface area contributed by atoms with Gasteiger partial charge >= 0.3 is 0 Å². The molecular formula is C24H21BrN2O4S. The van der Waals surface area contributed by atoms with Gasteiger partial charge in [0.25, 0.3) is 0 Å². The number of ether oxygens (including phenoxy) is 1. The number of methoxy groups -OCH3 is 1. The minimum atomic E-state index is -3.94. The number of oxazole rings is 1. The summed E-state index contributed by atoms with van der Waals surface area (Å²) >= 11 is 3.34. The molecule has 8 heteroatoms. The van der Waals surface area contributed by atoms with E-state index in [1.165, 1.54) is 12.1 Å². The van der Waals surface area contributed by atoms with Crippen LogP contribution in [0.25, 0.3) is 11.5 Å². The molecule has 164 valence electrons. The number of nitrogens with one attached hydrogen (secondary N) is 1. The normalized spacial score (nSPS) is 11.4. The number of sulfone groups is 1. The number of aryl methyl sites for hydroxylation is 2. The van der Waals surface area contributed by atoms with Crippen molar-refractivity contribution < 1.29 is 17.6 Å². The predicted octanol–water partition coefficient (Wildman–Crippen LogP) is 6.31. The molecule has 0 spiro atoms. The number of hydrogen-bond donors (Lipinski definition) is 1. The van der Waals surface area contributed by atoms with E-state index >= 15 is 0 Å². The van der Waals surface area contributed by atoms with Gasteiger partial charge in [0.05, 0.1) is 12.0 Å². The Balaban J connectivity index is 1.84. The van der Waals surface area contributed by atoms with Crippen LogP contribution in [0.2, 0.25) is 0 Å². The number of nitrogens with zero attached hydrogens (tertiary/aromatic N) is 1. The first-order valence-electron chi connectivity index (χ1n) is 9.77. The molecule has 0 bridgehead atoms. The van der Waals surface area contributed by atoms with Gasteiger partial charge in [0.1, 0.15) is 5.75 Å². The SMILES string of the molecule is COc1ccc(-c2nc(S(=O)(=O)c3ccc(Br)cc3)c(Nc3cc(C)cc(C)c3)o2)cc1. The van der Waals surface area contributed by atoms with Gasteiger partial charge in [-0.25, -0.2) is 8.42 Å². The molecule has 0 unspecified atom stereocenters. The summed E-state index contributed by atoms with van der Waals surface area (Å²) in [7, 11) is -2.36. The minimum absolute atomic E-state index is 0.0590. The fraction of sp³-hybridized carbons (Fsp3) is 0.125. The van der Waals surface area contributed by atoms with Crippen LogP contribution in [0.1, 0.15) is 11.1 Å². The number of rotatable bonds is 6. The van der Waals surface area contributed by atoms with E-state index in [1.54, 1.807) is 43.5 Å². The molecule has 0 aliphatic rings. The Bertz CT molecular complexity index is 1340. The van der Waals surface area contributed by atoms with Crippen molar-refractivity contribution in [2.24, 2.45) is 0 Å². The Hall–Kier alpha value is -3.10. The van der Waals surface area contributed by atoms with Gasteiger partial charge in [-0.15, -0.1) is 0 Å². The summed E-state index contributed by atoms with van der Waals surface area (Å²) in [6, 6.07) is 19.3. The monoisotopic (exact) mass is 512 g/mol. The largest absolute Gasteiger partial charge is 0.497 e. The van der Waals surface area contributed by atoms with Gasteiger partial charge in [-0.1, -0.05) is 22.0 Å². The predicted molar refractivity (Wildman–Crippen MR) is 127 cm³/mol. The summed E-state index contributed by atoms with van der Waals surface area (Å²) in [5.41, 5.74) is 3.43. The average molecular weight is 513 g/mol. The summed E-state index contributed by atoms with van der Waals surface area (Å²) < 4.78 is 38.8. The topological polar surface area (TPSA) is 81.4 Å². The lowest BCUT2D eigenvalue weighted by atomic mass is 10.1. The molecule has 4 rings (SSSR count). The van der Waals surface area contributed by atoms with Crippen LogP contribution < -0.4 is 10.1 Å². The molecule has 0 saturated heterocycles. The quantitative estimate of drug-likeness (QED) is 0.326. The third-order valence-corrected chi connectivity index (χ3v) is 7.00. The van der Waals surface area contributed by atoms with Crippen LogP contribution in [0.3, 0.4) is 0 Å². The van der Waals surface area contributed by atoms with Gasteiger partial charge in [-0.3, -0.25) is 0 Å². The zero-order valence-corrected chi connectivity index (χ0v) is 20.1. The second-order valence-corrected chi connectivity index (χ2v) is 10.1. The molecule has 4 aromatic rings.